The normalized spacial score (nSPS) is 10.8. The number of rotatable bonds is 5. The number of benzene rings is 2. The first-order valence-corrected chi connectivity index (χ1v) is 9.21. The Kier molecular flexibility index (Phi) is 4.97. The van der Waals surface area contributed by atoms with Crippen molar-refractivity contribution in [3.63, 3.8) is 0 Å². The van der Waals surface area contributed by atoms with Crippen LogP contribution >= 0.6 is 0 Å². The first-order chi connectivity index (χ1) is 14.4. The standard InChI is InChI=1S/C22H18N4O4/c1-13-7-10-17(11-14(13)2)29-21-20(26(27)28)22(24-12-23-21)30-18-6-4-5-16-9-8-15(3)25-19(16)18/h4-12H,1-3H3. The van der Waals surface area contributed by atoms with E-state index in [1.807, 2.05) is 45.0 Å². The molecule has 0 N–H and O–H groups in total. The van der Waals surface area contributed by atoms with Crippen molar-refractivity contribution in [1.82, 2.24) is 15.0 Å². The number of aromatic nitrogens is 3. The summed E-state index contributed by atoms with van der Waals surface area (Å²) in [7, 11) is 0. The Morgan fingerprint density at radius 3 is 2.40 bits per heavy atom. The highest BCUT2D eigenvalue weighted by molar-refractivity contribution is 5.85. The number of para-hydroxylation sites is 1. The summed E-state index contributed by atoms with van der Waals surface area (Å²) in [5, 5.41) is 12.7. The van der Waals surface area contributed by atoms with Gasteiger partial charge in [0.2, 0.25) is 0 Å². The smallest absolute Gasteiger partial charge is 0.393 e. The quantitative estimate of drug-likeness (QED) is 0.323. The zero-order chi connectivity index (χ0) is 21.3. The molecular formula is C22H18N4O4. The maximum absolute atomic E-state index is 11.8. The van der Waals surface area contributed by atoms with Gasteiger partial charge < -0.3 is 9.47 Å². The average Bonchev–Trinajstić information content (AvgIpc) is 2.71. The first-order valence-electron chi connectivity index (χ1n) is 9.21. The predicted molar refractivity (Wildman–Crippen MR) is 111 cm³/mol. The lowest BCUT2D eigenvalue weighted by Gasteiger charge is -2.11. The van der Waals surface area contributed by atoms with Gasteiger partial charge in [0.05, 0.1) is 4.92 Å². The lowest BCUT2D eigenvalue weighted by molar-refractivity contribution is -0.387. The van der Waals surface area contributed by atoms with Gasteiger partial charge in [0.15, 0.2) is 5.75 Å². The highest BCUT2D eigenvalue weighted by Gasteiger charge is 2.27. The minimum Gasteiger partial charge on any atom is -0.433 e. The van der Waals surface area contributed by atoms with E-state index >= 15 is 0 Å². The second-order valence-electron chi connectivity index (χ2n) is 6.82. The molecule has 8 nitrogen and oxygen atoms in total. The Hall–Kier alpha value is -4.07. The number of hydrogen-bond donors (Lipinski definition) is 0. The summed E-state index contributed by atoms with van der Waals surface area (Å²) < 4.78 is 11.5. The fourth-order valence-electron chi connectivity index (χ4n) is 2.95. The third-order valence-corrected chi connectivity index (χ3v) is 4.66. The first kappa shape index (κ1) is 19.3. The predicted octanol–water partition coefficient (Wildman–Crippen LogP) is 5.44. The molecule has 0 aliphatic heterocycles. The number of hydrogen-bond acceptors (Lipinski definition) is 7. The molecule has 0 bridgehead atoms. The number of fused-ring (bicyclic) bond motifs is 1. The molecular weight excluding hydrogens is 384 g/mol. The summed E-state index contributed by atoms with van der Waals surface area (Å²) in [5.41, 5.74) is 3.01. The molecule has 150 valence electrons. The number of aryl methyl sites for hydroxylation is 3. The largest absolute Gasteiger partial charge is 0.433 e. The van der Waals surface area contributed by atoms with Crippen molar-refractivity contribution in [1.29, 1.82) is 0 Å². The van der Waals surface area contributed by atoms with E-state index in [4.69, 9.17) is 9.47 Å². The molecule has 8 heteroatoms. The number of pyridine rings is 1. The van der Waals surface area contributed by atoms with Crippen molar-refractivity contribution < 1.29 is 14.4 Å². The molecule has 0 saturated heterocycles. The maximum atomic E-state index is 11.8. The molecule has 0 fully saturated rings. The second-order valence-corrected chi connectivity index (χ2v) is 6.82. The third kappa shape index (κ3) is 3.75. The van der Waals surface area contributed by atoms with Crippen LogP contribution in [0.15, 0.2) is 54.9 Å². The fourth-order valence-corrected chi connectivity index (χ4v) is 2.95. The maximum Gasteiger partial charge on any atom is 0.393 e. The Bertz CT molecular complexity index is 1270. The highest BCUT2D eigenvalue weighted by Crippen LogP contribution is 2.39. The molecule has 4 rings (SSSR count). The number of nitrogens with zero attached hydrogens (tertiary/aromatic N) is 4. The zero-order valence-electron chi connectivity index (χ0n) is 16.6. The summed E-state index contributed by atoms with van der Waals surface area (Å²) in [5.74, 6) is 0.380. The van der Waals surface area contributed by atoms with Crippen LogP contribution in [0, 0.1) is 30.9 Å². The van der Waals surface area contributed by atoms with Crippen molar-refractivity contribution >= 4 is 16.6 Å². The summed E-state index contributed by atoms with van der Waals surface area (Å²) in [4.78, 5) is 23.6. The lowest BCUT2D eigenvalue weighted by Crippen LogP contribution is -2.02. The zero-order valence-corrected chi connectivity index (χ0v) is 16.6. The summed E-state index contributed by atoms with van der Waals surface area (Å²) in [6, 6.07) is 14.5. The van der Waals surface area contributed by atoms with E-state index in [2.05, 4.69) is 15.0 Å². The van der Waals surface area contributed by atoms with Crippen molar-refractivity contribution in [2.45, 2.75) is 20.8 Å². The van der Waals surface area contributed by atoms with Crippen LogP contribution in [0.3, 0.4) is 0 Å². The van der Waals surface area contributed by atoms with E-state index in [9.17, 15) is 10.1 Å². The Morgan fingerprint density at radius 1 is 0.900 bits per heavy atom. The summed E-state index contributed by atoms with van der Waals surface area (Å²) in [6.45, 7) is 5.76. The molecule has 4 aromatic rings. The van der Waals surface area contributed by atoms with E-state index < -0.39 is 10.6 Å². The minimum atomic E-state index is -0.616. The molecule has 0 amide bonds. The molecule has 2 aromatic carbocycles. The monoisotopic (exact) mass is 402 g/mol. The van der Waals surface area contributed by atoms with Gasteiger partial charge in [0, 0.05) is 11.1 Å². The average molecular weight is 402 g/mol. The van der Waals surface area contributed by atoms with Crippen molar-refractivity contribution in [2.24, 2.45) is 0 Å². The SMILES string of the molecule is Cc1ccc2cccc(Oc3ncnc(Oc4ccc(C)c(C)c4)c3[N+](=O)[O-])c2n1. The molecule has 0 spiro atoms. The van der Waals surface area contributed by atoms with Crippen molar-refractivity contribution in [2.75, 3.05) is 0 Å². The third-order valence-electron chi connectivity index (χ3n) is 4.66. The molecule has 0 radical (unpaired) electrons. The molecule has 0 saturated carbocycles. The van der Waals surface area contributed by atoms with Gasteiger partial charge in [0.1, 0.15) is 17.6 Å². The lowest BCUT2D eigenvalue weighted by atomic mass is 10.1. The van der Waals surface area contributed by atoms with E-state index in [-0.39, 0.29) is 11.8 Å². The van der Waals surface area contributed by atoms with Crippen LogP contribution in [0.1, 0.15) is 16.8 Å². The van der Waals surface area contributed by atoms with Crippen LogP contribution in [0.5, 0.6) is 23.3 Å². The van der Waals surface area contributed by atoms with Crippen LogP contribution in [-0.4, -0.2) is 19.9 Å². The van der Waals surface area contributed by atoms with Gasteiger partial charge in [-0.1, -0.05) is 24.3 Å². The Morgan fingerprint density at radius 2 is 1.67 bits per heavy atom. The molecule has 0 aliphatic carbocycles. The van der Waals surface area contributed by atoms with Crippen molar-refractivity contribution in [3.05, 3.63) is 81.8 Å². The second kappa shape index (κ2) is 7.75. The highest BCUT2D eigenvalue weighted by atomic mass is 16.6. The fraction of sp³-hybridized carbons (Fsp3) is 0.136. The molecule has 30 heavy (non-hydrogen) atoms. The summed E-state index contributed by atoms with van der Waals surface area (Å²) in [6.07, 6.45) is 1.17. The van der Waals surface area contributed by atoms with Crippen LogP contribution in [0.4, 0.5) is 5.69 Å². The van der Waals surface area contributed by atoms with Gasteiger partial charge in [-0.25, -0.2) is 4.98 Å². The van der Waals surface area contributed by atoms with Crippen LogP contribution < -0.4 is 9.47 Å². The van der Waals surface area contributed by atoms with Crippen LogP contribution in [0.25, 0.3) is 10.9 Å². The van der Waals surface area contributed by atoms with Gasteiger partial charge in [-0.3, -0.25) is 10.1 Å². The van der Waals surface area contributed by atoms with E-state index in [0.29, 0.717) is 17.0 Å². The summed E-state index contributed by atoms with van der Waals surface area (Å²) >= 11 is 0. The van der Waals surface area contributed by atoms with E-state index in [1.165, 1.54) is 6.33 Å². The van der Waals surface area contributed by atoms with Gasteiger partial charge in [-0.05, 0) is 56.2 Å². The molecule has 2 aromatic heterocycles. The van der Waals surface area contributed by atoms with Gasteiger partial charge in [0.25, 0.3) is 0 Å². The molecule has 0 atom stereocenters. The molecule has 0 unspecified atom stereocenters. The van der Waals surface area contributed by atoms with Gasteiger partial charge >= 0.3 is 17.4 Å². The topological polar surface area (TPSA) is 100 Å². The number of nitro groups is 1. The Balaban J connectivity index is 1.76. The molecule has 2 heterocycles. The Labute approximate surface area is 172 Å². The van der Waals surface area contributed by atoms with Crippen LogP contribution in [-0.2, 0) is 0 Å². The van der Waals surface area contributed by atoms with E-state index in [1.54, 1.807) is 24.3 Å². The van der Waals surface area contributed by atoms with Gasteiger partial charge in [-0.15, -0.1) is 0 Å². The number of ether oxygens (including phenoxy) is 2. The van der Waals surface area contributed by atoms with Gasteiger partial charge in [-0.2, -0.15) is 9.97 Å². The van der Waals surface area contributed by atoms with E-state index in [0.717, 1.165) is 22.2 Å². The molecule has 0 aliphatic rings. The van der Waals surface area contributed by atoms with Crippen LogP contribution in [0.2, 0.25) is 0 Å². The van der Waals surface area contributed by atoms with Crippen molar-refractivity contribution in [3.8, 4) is 23.3 Å². The minimum absolute atomic E-state index is 0.197.